The summed E-state index contributed by atoms with van der Waals surface area (Å²) in [5, 5.41) is 10.1. The molecule has 0 bridgehead atoms. The number of benzene rings is 9. The number of hydrogen-bond donors (Lipinski definition) is 0. The number of anilines is 3. The molecule has 1 nitrogen and oxygen atoms in total. The highest BCUT2D eigenvalue weighted by Crippen LogP contribution is 2.51. The zero-order valence-electron chi connectivity index (χ0n) is 28.2. The minimum absolute atomic E-state index is 0.101. The van der Waals surface area contributed by atoms with Gasteiger partial charge < -0.3 is 4.90 Å². The lowest BCUT2D eigenvalue weighted by atomic mass is 9.82. The molecular weight excluding hydrogens is 603 g/mol. The minimum atomic E-state index is -0.101. The van der Waals surface area contributed by atoms with Gasteiger partial charge in [-0.25, -0.2) is 0 Å². The summed E-state index contributed by atoms with van der Waals surface area (Å²) in [5.41, 5.74) is 11.2. The molecule has 0 N–H and O–H groups in total. The number of rotatable bonds is 4. The highest BCUT2D eigenvalue weighted by molar-refractivity contribution is 6.17. The molecule has 0 saturated carbocycles. The van der Waals surface area contributed by atoms with Gasteiger partial charge in [-0.15, -0.1) is 0 Å². The predicted octanol–water partition coefficient (Wildman–Crippen LogP) is 13.7. The maximum absolute atomic E-state index is 2.47. The van der Waals surface area contributed by atoms with Crippen molar-refractivity contribution in [1.29, 1.82) is 0 Å². The van der Waals surface area contributed by atoms with Crippen molar-refractivity contribution in [3.05, 3.63) is 187 Å². The lowest BCUT2D eigenvalue weighted by molar-refractivity contribution is 0.660. The average Bonchev–Trinajstić information content (AvgIpc) is 3.40. The van der Waals surface area contributed by atoms with Crippen molar-refractivity contribution < 1.29 is 0 Å². The number of para-hydroxylation sites is 1. The number of nitrogens with zero attached hydrogens (tertiary/aromatic N) is 1. The van der Waals surface area contributed by atoms with Crippen molar-refractivity contribution in [3.8, 4) is 22.3 Å². The first-order valence-electron chi connectivity index (χ1n) is 17.5. The van der Waals surface area contributed by atoms with Crippen LogP contribution < -0.4 is 4.90 Å². The van der Waals surface area contributed by atoms with Crippen LogP contribution in [0, 0.1) is 0 Å². The van der Waals surface area contributed by atoms with E-state index < -0.39 is 0 Å². The van der Waals surface area contributed by atoms with Crippen LogP contribution in [0.15, 0.2) is 176 Å². The van der Waals surface area contributed by atoms with E-state index in [0.717, 1.165) is 17.1 Å². The Morgan fingerprint density at radius 3 is 1.80 bits per heavy atom. The maximum atomic E-state index is 2.47. The Balaban J connectivity index is 1.20. The molecule has 0 atom stereocenters. The van der Waals surface area contributed by atoms with Crippen LogP contribution in [0.4, 0.5) is 17.1 Å². The molecule has 236 valence electrons. The second-order valence-corrected chi connectivity index (χ2v) is 14.2. The van der Waals surface area contributed by atoms with E-state index in [0.29, 0.717) is 0 Å². The first-order chi connectivity index (χ1) is 24.5. The van der Waals surface area contributed by atoms with E-state index in [1.807, 2.05) is 0 Å². The van der Waals surface area contributed by atoms with E-state index in [4.69, 9.17) is 0 Å². The molecular formula is C49H35N. The second-order valence-electron chi connectivity index (χ2n) is 14.2. The van der Waals surface area contributed by atoms with Gasteiger partial charge in [-0.2, -0.15) is 0 Å². The van der Waals surface area contributed by atoms with Crippen molar-refractivity contribution in [1.82, 2.24) is 0 Å². The van der Waals surface area contributed by atoms with E-state index in [2.05, 4.69) is 195 Å². The molecule has 1 heteroatoms. The average molecular weight is 638 g/mol. The van der Waals surface area contributed by atoms with Gasteiger partial charge in [0.05, 0.1) is 5.69 Å². The third-order valence-electron chi connectivity index (χ3n) is 11.0. The highest BCUT2D eigenvalue weighted by atomic mass is 15.1. The molecule has 1 aliphatic rings. The van der Waals surface area contributed by atoms with Gasteiger partial charge >= 0.3 is 0 Å². The fraction of sp³-hybridized carbons (Fsp3) is 0.0612. The smallest absolute Gasteiger partial charge is 0.0540 e. The lowest BCUT2D eigenvalue weighted by Crippen LogP contribution is -2.16. The van der Waals surface area contributed by atoms with Crippen LogP contribution in [0.1, 0.15) is 25.0 Å². The Morgan fingerprint density at radius 2 is 0.940 bits per heavy atom. The first kappa shape index (κ1) is 28.8. The summed E-state index contributed by atoms with van der Waals surface area (Å²) < 4.78 is 0. The Bertz CT molecular complexity index is 2800. The van der Waals surface area contributed by atoms with Gasteiger partial charge in [0, 0.05) is 22.4 Å². The number of fused-ring (bicyclic) bond motifs is 9. The van der Waals surface area contributed by atoms with Crippen LogP contribution in [-0.4, -0.2) is 0 Å². The fourth-order valence-electron chi connectivity index (χ4n) is 8.48. The van der Waals surface area contributed by atoms with E-state index in [1.165, 1.54) is 76.5 Å². The standard InChI is InChI=1S/C49H35N/c1-49(2)46-17-9-7-16-44(46)45-28-24-38(31-47(45)49)50(48-18-10-8-15-41(48)35-20-19-32-11-3-4-13-34(32)29-35)37-23-27-40-36(30-37)22-26-42-39-14-6-5-12-33(39)21-25-43(40)42/h3-31H,1-2H3. The van der Waals surface area contributed by atoms with Crippen molar-refractivity contribution in [2.24, 2.45) is 0 Å². The van der Waals surface area contributed by atoms with Gasteiger partial charge in [-0.3, -0.25) is 0 Å². The zero-order valence-corrected chi connectivity index (χ0v) is 28.2. The molecule has 0 unspecified atom stereocenters. The summed E-state index contributed by atoms with van der Waals surface area (Å²) in [6.45, 7) is 4.72. The third kappa shape index (κ3) is 4.33. The molecule has 0 radical (unpaired) electrons. The van der Waals surface area contributed by atoms with Crippen molar-refractivity contribution in [3.63, 3.8) is 0 Å². The summed E-state index contributed by atoms with van der Waals surface area (Å²) in [5.74, 6) is 0. The van der Waals surface area contributed by atoms with Gasteiger partial charge in [0.25, 0.3) is 0 Å². The highest BCUT2D eigenvalue weighted by Gasteiger charge is 2.35. The second kappa shape index (κ2) is 10.9. The SMILES string of the molecule is CC1(C)c2ccccc2-c2ccc(N(c3ccc4c(ccc5c6ccccc6ccc45)c3)c3ccccc3-c3ccc4ccccc4c3)cc21. The van der Waals surface area contributed by atoms with Crippen molar-refractivity contribution in [2.75, 3.05) is 4.90 Å². The molecule has 9 aromatic carbocycles. The molecule has 0 aliphatic heterocycles. The van der Waals surface area contributed by atoms with Crippen LogP contribution in [0.3, 0.4) is 0 Å². The molecule has 1 aliphatic carbocycles. The van der Waals surface area contributed by atoms with Gasteiger partial charge in [0.1, 0.15) is 0 Å². The van der Waals surface area contributed by atoms with Crippen LogP contribution in [0.25, 0.3) is 65.3 Å². The topological polar surface area (TPSA) is 3.24 Å². The van der Waals surface area contributed by atoms with E-state index in [-0.39, 0.29) is 5.41 Å². The van der Waals surface area contributed by atoms with Crippen LogP contribution >= 0.6 is 0 Å². The maximum Gasteiger partial charge on any atom is 0.0540 e. The van der Waals surface area contributed by atoms with Crippen molar-refractivity contribution in [2.45, 2.75) is 19.3 Å². The van der Waals surface area contributed by atoms with Crippen molar-refractivity contribution >= 4 is 60.2 Å². The molecule has 0 saturated heterocycles. The van der Waals surface area contributed by atoms with Crippen LogP contribution in [0.5, 0.6) is 0 Å². The van der Waals surface area contributed by atoms with E-state index >= 15 is 0 Å². The summed E-state index contributed by atoms with van der Waals surface area (Å²) in [7, 11) is 0. The van der Waals surface area contributed by atoms with Gasteiger partial charge in [0.15, 0.2) is 0 Å². The lowest BCUT2D eigenvalue weighted by Gasteiger charge is -2.30. The molecule has 50 heavy (non-hydrogen) atoms. The largest absolute Gasteiger partial charge is 0.310 e. The molecule has 0 amide bonds. The van der Waals surface area contributed by atoms with Gasteiger partial charge in [-0.1, -0.05) is 153 Å². The van der Waals surface area contributed by atoms with Gasteiger partial charge in [0.2, 0.25) is 0 Å². The predicted molar refractivity (Wildman–Crippen MR) is 214 cm³/mol. The first-order valence-corrected chi connectivity index (χ1v) is 17.5. The third-order valence-corrected chi connectivity index (χ3v) is 11.0. The normalized spacial score (nSPS) is 13.2. The fourth-order valence-corrected chi connectivity index (χ4v) is 8.48. The monoisotopic (exact) mass is 637 g/mol. The Morgan fingerprint density at radius 1 is 0.360 bits per heavy atom. The molecule has 10 rings (SSSR count). The quantitative estimate of drug-likeness (QED) is 0.174. The van der Waals surface area contributed by atoms with E-state index in [9.17, 15) is 0 Å². The molecule has 0 fully saturated rings. The Hall–Kier alpha value is -6.18. The summed E-state index contributed by atoms with van der Waals surface area (Å²) in [4.78, 5) is 2.47. The molecule has 9 aromatic rings. The van der Waals surface area contributed by atoms with Crippen LogP contribution in [0.2, 0.25) is 0 Å². The van der Waals surface area contributed by atoms with Crippen LogP contribution in [-0.2, 0) is 5.41 Å². The summed E-state index contributed by atoms with van der Waals surface area (Å²) in [6, 6.07) is 65.1. The molecule has 0 aromatic heterocycles. The van der Waals surface area contributed by atoms with E-state index in [1.54, 1.807) is 0 Å². The number of hydrogen-bond acceptors (Lipinski definition) is 1. The summed E-state index contributed by atoms with van der Waals surface area (Å²) >= 11 is 0. The zero-order chi connectivity index (χ0) is 33.4. The van der Waals surface area contributed by atoms with Gasteiger partial charge in [-0.05, 0) is 107 Å². The Kier molecular flexibility index (Phi) is 6.29. The minimum Gasteiger partial charge on any atom is -0.310 e. The molecule has 0 spiro atoms. The molecule has 0 heterocycles. The Labute approximate surface area is 292 Å². The summed E-state index contributed by atoms with van der Waals surface area (Å²) in [6.07, 6.45) is 0.